The topological polar surface area (TPSA) is 24.5 Å². The number of ether oxygens (including phenoxy) is 1. The zero-order valence-electron chi connectivity index (χ0n) is 14.7. The van der Waals surface area contributed by atoms with Gasteiger partial charge in [0.15, 0.2) is 0 Å². The first-order valence-corrected chi connectivity index (χ1v) is 8.65. The first-order chi connectivity index (χ1) is 12.0. The SMILES string of the molecule is CCOc1ccc2ccccc2c1[C@H](CC(F)(F)F)N1CCNCC1.Cl. The second kappa shape index (κ2) is 8.93. The highest BCUT2D eigenvalue weighted by Gasteiger charge is 2.38. The molecule has 3 rings (SSSR count). The molecule has 0 unspecified atom stereocenters. The fourth-order valence-electron chi connectivity index (χ4n) is 3.53. The number of hydrogen-bond donors (Lipinski definition) is 1. The van der Waals surface area contributed by atoms with Crippen LogP contribution in [0.25, 0.3) is 10.8 Å². The molecule has 1 aliphatic rings. The van der Waals surface area contributed by atoms with Gasteiger partial charge in [0.25, 0.3) is 0 Å². The van der Waals surface area contributed by atoms with Crippen LogP contribution < -0.4 is 10.1 Å². The van der Waals surface area contributed by atoms with Crippen molar-refractivity contribution in [1.82, 2.24) is 10.2 Å². The van der Waals surface area contributed by atoms with E-state index in [2.05, 4.69) is 5.32 Å². The van der Waals surface area contributed by atoms with Crippen LogP contribution in [0.2, 0.25) is 0 Å². The minimum absolute atomic E-state index is 0. The maximum atomic E-state index is 13.4. The van der Waals surface area contributed by atoms with Gasteiger partial charge in [-0.05, 0) is 23.8 Å². The zero-order valence-corrected chi connectivity index (χ0v) is 15.5. The van der Waals surface area contributed by atoms with Gasteiger partial charge in [-0.1, -0.05) is 30.3 Å². The summed E-state index contributed by atoms with van der Waals surface area (Å²) >= 11 is 0. The molecule has 1 N–H and O–H groups in total. The van der Waals surface area contributed by atoms with Crippen molar-refractivity contribution in [2.75, 3.05) is 32.8 Å². The predicted octanol–water partition coefficient (Wildman–Crippen LogP) is 4.56. The Bertz CT molecular complexity index is 717. The summed E-state index contributed by atoms with van der Waals surface area (Å²) < 4.78 is 45.9. The summed E-state index contributed by atoms with van der Waals surface area (Å²) in [5.74, 6) is 0.550. The standard InChI is InChI=1S/C19H23F3N2O.ClH/c1-2-25-17-8-7-14-5-3-4-6-15(14)18(17)16(13-19(20,21)22)24-11-9-23-10-12-24;/h3-8,16,23H,2,9-13H2,1H3;1H/t16-;/m0./s1. The number of piperazine rings is 1. The maximum Gasteiger partial charge on any atom is 0.390 e. The van der Waals surface area contributed by atoms with Crippen LogP contribution in [0.5, 0.6) is 5.75 Å². The molecule has 2 aromatic carbocycles. The molecular formula is C19H24ClF3N2O. The van der Waals surface area contributed by atoms with Gasteiger partial charge in [0.1, 0.15) is 5.75 Å². The number of halogens is 4. The third kappa shape index (κ3) is 4.81. The van der Waals surface area contributed by atoms with Crippen LogP contribution in [-0.4, -0.2) is 43.9 Å². The third-order valence-corrected chi connectivity index (χ3v) is 4.58. The molecule has 26 heavy (non-hydrogen) atoms. The van der Waals surface area contributed by atoms with E-state index in [1.54, 1.807) is 6.07 Å². The minimum Gasteiger partial charge on any atom is -0.494 e. The van der Waals surface area contributed by atoms with E-state index in [0.29, 0.717) is 44.1 Å². The molecule has 1 aliphatic heterocycles. The molecule has 0 aromatic heterocycles. The highest BCUT2D eigenvalue weighted by molar-refractivity contribution is 5.88. The summed E-state index contributed by atoms with van der Waals surface area (Å²) in [4.78, 5) is 1.92. The molecule has 7 heteroatoms. The van der Waals surface area contributed by atoms with E-state index in [1.807, 2.05) is 42.2 Å². The van der Waals surface area contributed by atoms with Crippen molar-refractivity contribution >= 4 is 23.2 Å². The highest BCUT2D eigenvalue weighted by atomic mass is 35.5. The van der Waals surface area contributed by atoms with E-state index in [9.17, 15) is 13.2 Å². The van der Waals surface area contributed by atoms with Crippen LogP contribution in [0.4, 0.5) is 13.2 Å². The summed E-state index contributed by atoms with van der Waals surface area (Å²) in [6, 6.07) is 10.5. The van der Waals surface area contributed by atoms with Crippen LogP contribution in [0.3, 0.4) is 0 Å². The number of fused-ring (bicyclic) bond motifs is 1. The lowest BCUT2D eigenvalue weighted by Gasteiger charge is -2.36. The molecule has 0 bridgehead atoms. The number of benzene rings is 2. The maximum absolute atomic E-state index is 13.4. The van der Waals surface area contributed by atoms with Gasteiger partial charge in [-0.25, -0.2) is 0 Å². The van der Waals surface area contributed by atoms with Crippen molar-refractivity contribution < 1.29 is 17.9 Å². The van der Waals surface area contributed by atoms with Crippen LogP contribution in [-0.2, 0) is 0 Å². The predicted molar refractivity (Wildman–Crippen MR) is 100 cm³/mol. The number of nitrogens with zero attached hydrogens (tertiary/aromatic N) is 1. The Morgan fingerprint density at radius 3 is 2.46 bits per heavy atom. The monoisotopic (exact) mass is 388 g/mol. The number of hydrogen-bond acceptors (Lipinski definition) is 3. The lowest BCUT2D eigenvalue weighted by Crippen LogP contribution is -2.46. The van der Waals surface area contributed by atoms with Gasteiger partial charge in [-0.15, -0.1) is 12.4 Å². The smallest absolute Gasteiger partial charge is 0.390 e. The molecule has 1 saturated heterocycles. The molecule has 0 radical (unpaired) electrons. The molecule has 2 aromatic rings. The van der Waals surface area contributed by atoms with Crippen LogP contribution in [0, 0.1) is 0 Å². The lowest BCUT2D eigenvalue weighted by molar-refractivity contribution is -0.148. The van der Waals surface area contributed by atoms with E-state index in [0.717, 1.165) is 10.8 Å². The summed E-state index contributed by atoms with van der Waals surface area (Å²) in [7, 11) is 0. The second-order valence-electron chi connectivity index (χ2n) is 6.25. The van der Waals surface area contributed by atoms with E-state index in [4.69, 9.17) is 4.74 Å². The number of alkyl halides is 3. The van der Waals surface area contributed by atoms with Crippen molar-refractivity contribution in [3.63, 3.8) is 0 Å². The first-order valence-electron chi connectivity index (χ1n) is 8.65. The van der Waals surface area contributed by atoms with E-state index in [1.165, 1.54) is 0 Å². The quantitative estimate of drug-likeness (QED) is 0.812. The van der Waals surface area contributed by atoms with Gasteiger partial charge in [0.2, 0.25) is 0 Å². The second-order valence-corrected chi connectivity index (χ2v) is 6.25. The van der Waals surface area contributed by atoms with Crippen molar-refractivity contribution in [2.24, 2.45) is 0 Å². The first kappa shape index (κ1) is 20.8. The van der Waals surface area contributed by atoms with Crippen LogP contribution >= 0.6 is 12.4 Å². The van der Waals surface area contributed by atoms with Crippen LogP contribution in [0.15, 0.2) is 36.4 Å². The van der Waals surface area contributed by atoms with Gasteiger partial charge in [-0.2, -0.15) is 13.2 Å². The Hall–Kier alpha value is -1.50. The molecule has 1 fully saturated rings. The van der Waals surface area contributed by atoms with Gasteiger partial charge in [0, 0.05) is 37.8 Å². The molecule has 3 nitrogen and oxygen atoms in total. The minimum atomic E-state index is -4.24. The Morgan fingerprint density at radius 1 is 1.12 bits per heavy atom. The number of nitrogens with one attached hydrogen (secondary N) is 1. The van der Waals surface area contributed by atoms with Crippen molar-refractivity contribution in [3.8, 4) is 5.75 Å². The molecule has 0 spiro atoms. The fourth-order valence-corrected chi connectivity index (χ4v) is 3.53. The molecule has 144 valence electrons. The van der Waals surface area contributed by atoms with Gasteiger partial charge in [-0.3, -0.25) is 4.90 Å². The third-order valence-electron chi connectivity index (χ3n) is 4.58. The van der Waals surface area contributed by atoms with Crippen molar-refractivity contribution in [2.45, 2.75) is 25.6 Å². The Labute approximate surface area is 157 Å². The summed E-state index contributed by atoms with van der Waals surface area (Å²) in [5.41, 5.74) is 0.652. The van der Waals surface area contributed by atoms with Gasteiger partial charge >= 0.3 is 6.18 Å². The van der Waals surface area contributed by atoms with Gasteiger partial charge in [0.05, 0.1) is 13.0 Å². The van der Waals surface area contributed by atoms with E-state index < -0.39 is 18.6 Å². The fraction of sp³-hybridized carbons (Fsp3) is 0.474. The highest BCUT2D eigenvalue weighted by Crippen LogP contribution is 2.41. The average molecular weight is 389 g/mol. The van der Waals surface area contributed by atoms with Crippen molar-refractivity contribution in [3.05, 3.63) is 42.0 Å². The normalized spacial score (nSPS) is 16.9. The number of rotatable bonds is 5. The van der Waals surface area contributed by atoms with E-state index >= 15 is 0 Å². The molecular weight excluding hydrogens is 365 g/mol. The Balaban J connectivity index is 0.00000243. The zero-order chi connectivity index (χ0) is 17.9. The Kier molecular flexibility index (Phi) is 7.15. The summed E-state index contributed by atoms with van der Waals surface area (Å²) in [6.07, 6.45) is -5.11. The summed E-state index contributed by atoms with van der Waals surface area (Å²) in [6.45, 7) is 4.85. The Morgan fingerprint density at radius 2 is 1.81 bits per heavy atom. The largest absolute Gasteiger partial charge is 0.494 e. The van der Waals surface area contributed by atoms with Crippen molar-refractivity contribution in [1.29, 1.82) is 0 Å². The lowest BCUT2D eigenvalue weighted by atomic mass is 9.93. The van der Waals surface area contributed by atoms with Gasteiger partial charge < -0.3 is 10.1 Å². The molecule has 1 atom stereocenters. The molecule has 0 aliphatic carbocycles. The van der Waals surface area contributed by atoms with E-state index in [-0.39, 0.29) is 12.4 Å². The summed E-state index contributed by atoms with van der Waals surface area (Å²) in [5, 5.41) is 4.97. The van der Waals surface area contributed by atoms with Crippen LogP contribution in [0.1, 0.15) is 24.9 Å². The molecule has 1 heterocycles. The average Bonchev–Trinajstić information content (AvgIpc) is 2.60. The molecule has 0 amide bonds. The molecule has 0 saturated carbocycles.